The van der Waals surface area contributed by atoms with Crippen LogP contribution in [0.1, 0.15) is 24.4 Å². The van der Waals surface area contributed by atoms with Gasteiger partial charge in [0.2, 0.25) is 0 Å². The maximum atomic E-state index is 9.62. The molecule has 0 saturated carbocycles. The van der Waals surface area contributed by atoms with Crippen LogP contribution in [-0.2, 0) is 5.75 Å². The van der Waals surface area contributed by atoms with Crippen molar-refractivity contribution in [1.29, 1.82) is 0 Å². The molecule has 1 aromatic carbocycles. The Hall–Kier alpha value is -1.19. The zero-order valence-corrected chi connectivity index (χ0v) is 9.91. The molecule has 0 aliphatic rings. The molecule has 0 saturated heterocycles. The molecule has 1 atom stereocenters. The average molecular weight is 234 g/mol. The van der Waals surface area contributed by atoms with Gasteiger partial charge in [-0.2, -0.15) is 0 Å². The van der Waals surface area contributed by atoms with Gasteiger partial charge in [-0.1, -0.05) is 18.2 Å². The first kappa shape index (κ1) is 11.3. The Morgan fingerprint density at radius 2 is 2.06 bits per heavy atom. The number of hydrogen-bond donors (Lipinski definition) is 1. The smallest absolute Gasteiger partial charge is 0.113 e. The average Bonchev–Trinajstić information content (AvgIpc) is 2.79. The van der Waals surface area contributed by atoms with Gasteiger partial charge in [0.25, 0.3) is 0 Å². The van der Waals surface area contributed by atoms with E-state index in [-0.39, 0.29) is 0 Å². The summed E-state index contributed by atoms with van der Waals surface area (Å²) >= 11 is 1.68. The van der Waals surface area contributed by atoms with E-state index in [0.717, 1.165) is 22.0 Å². The first-order chi connectivity index (χ1) is 7.77. The van der Waals surface area contributed by atoms with Crippen molar-refractivity contribution in [3.8, 4) is 0 Å². The summed E-state index contributed by atoms with van der Waals surface area (Å²) in [5, 5.41) is 9.62. The Morgan fingerprint density at radius 1 is 1.25 bits per heavy atom. The second kappa shape index (κ2) is 5.23. The summed E-state index contributed by atoms with van der Waals surface area (Å²) in [6.45, 7) is 1.78. The number of rotatable bonds is 4. The summed E-state index contributed by atoms with van der Waals surface area (Å²) in [7, 11) is 0. The number of furan rings is 1. The fraction of sp³-hybridized carbons (Fsp3) is 0.231. The molecule has 1 aromatic heterocycles. The lowest BCUT2D eigenvalue weighted by molar-refractivity contribution is 0.196. The molecule has 1 N–H and O–H groups in total. The number of hydrogen-bond acceptors (Lipinski definition) is 3. The van der Waals surface area contributed by atoms with Gasteiger partial charge in [0.15, 0.2) is 0 Å². The number of thioether (sulfide) groups is 1. The van der Waals surface area contributed by atoms with Gasteiger partial charge in [-0.25, -0.2) is 0 Å². The van der Waals surface area contributed by atoms with E-state index in [2.05, 4.69) is 0 Å². The van der Waals surface area contributed by atoms with Gasteiger partial charge in [-0.05, 0) is 30.7 Å². The van der Waals surface area contributed by atoms with Crippen molar-refractivity contribution in [2.24, 2.45) is 0 Å². The van der Waals surface area contributed by atoms with Gasteiger partial charge < -0.3 is 9.52 Å². The van der Waals surface area contributed by atoms with Gasteiger partial charge in [-0.15, -0.1) is 11.8 Å². The second-order valence-electron chi connectivity index (χ2n) is 3.58. The van der Waals surface area contributed by atoms with Crippen LogP contribution in [0.3, 0.4) is 0 Å². The topological polar surface area (TPSA) is 33.4 Å². The Labute approximate surface area is 99.3 Å². The fourth-order valence-electron chi connectivity index (χ4n) is 1.50. The quantitative estimate of drug-likeness (QED) is 0.820. The molecule has 0 bridgehead atoms. The Morgan fingerprint density at radius 3 is 2.75 bits per heavy atom. The molecule has 0 aliphatic carbocycles. The highest BCUT2D eigenvalue weighted by atomic mass is 32.2. The molecule has 3 heteroatoms. The summed E-state index contributed by atoms with van der Waals surface area (Å²) in [6.07, 6.45) is 1.25. The van der Waals surface area contributed by atoms with E-state index in [1.54, 1.807) is 24.9 Å². The van der Waals surface area contributed by atoms with Crippen LogP contribution in [0.15, 0.2) is 52.0 Å². The highest BCUT2D eigenvalue weighted by molar-refractivity contribution is 7.98. The second-order valence-corrected chi connectivity index (χ2v) is 4.60. The van der Waals surface area contributed by atoms with Gasteiger partial charge in [0.05, 0.1) is 18.1 Å². The summed E-state index contributed by atoms with van der Waals surface area (Å²) < 4.78 is 5.27. The van der Waals surface area contributed by atoms with E-state index >= 15 is 0 Å². The lowest BCUT2D eigenvalue weighted by Gasteiger charge is -2.10. The van der Waals surface area contributed by atoms with Crippen LogP contribution >= 0.6 is 11.8 Å². The van der Waals surface area contributed by atoms with Gasteiger partial charge >= 0.3 is 0 Å². The Kier molecular flexibility index (Phi) is 3.70. The highest BCUT2D eigenvalue weighted by Gasteiger charge is 2.08. The van der Waals surface area contributed by atoms with Crippen LogP contribution in [0.2, 0.25) is 0 Å². The standard InChI is InChI=1S/C13H14O2S/c1-10(14)12-6-2-3-7-13(12)16-9-11-5-4-8-15-11/h2-8,10,14H,9H2,1H3. The number of benzene rings is 1. The van der Waals surface area contributed by atoms with Crippen LogP contribution < -0.4 is 0 Å². The predicted octanol–water partition coefficient (Wildman–Crippen LogP) is 3.63. The van der Waals surface area contributed by atoms with Gasteiger partial charge in [-0.3, -0.25) is 0 Å². The third-order valence-corrected chi connectivity index (χ3v) is 3.43. The van der Waals surface area contributed by atoms with Gasteiger partial charge in [0, 0.05) is 4.90 Å². The van der Waals surface area contributed by atoms with Crippen molar-refractivity contribution in [3.05, 3.63) is 54.0 Å². The Balaban J connectivity index is 2.09. The highest BCUT2D eigenvalue weighted by Crippen LogP contribution is 2.29. The summed E-state index contributed by atoms with van der Waals surface area (Å²) in [5.41, 5.74) is 0.971. The normalized spacial score (nSPS) is 12.6. The van der Waals surface area contributed by atoms with E-state index in [1.165, 1.54) is 0 Å². The molecule has 0 spiro atoms. The van der Waals surface area contributed by atoms with Crippen LogP contribution in [0.25, 0.3) is 0 Å². The lowest BCUT2D eigenvalue weighted by atomic mass is 10.1. The number of aliphatic hydroxyl groups excluding tert-OH is 1. The Bertz CT molecular complexity index is 435. The zero-order chi connectivity index (χ0) is 11.4. The molecular weight excluding hydrogens is 220 g/mol. The molecule has 1 heterocycles. The van der Waals surface area contributed by atoms with Crippen molar-refractivity contribution in [3.63, 3.8) is 0 Å². The van der Waals surface area contributed by atoms with Crippen molar-refractivity contribution >= 4 is 11.8 Å². The first-order valence-electron chi connectivity index (χ1n) is 5.19. The molecule has 16 heavy (non-hydrogen) atoms. The molecule has 84 valence electrons. The number of aliphatic hydroxyl groups is 1. The van der Waals surface area contributed by atoms with Crippen LogP contribution in [0.4, 0.5) is 0 Å². The molecule has 2 nitrogen and oxygen atoms in total. The minimum Gasteiger partial charge on any atom is -0.468 e. The molecule has 0 radical (unpaired) electrons. The molecule has 2 rings (SSSR count). The van der Waals surface area contributed by atoms with Crippen LogP contribution in [0, 0.1) is 0 Å². The van der Waals surface area contributed by atoms with Crippen molar-refractivity contribution in [2.45, 2.75) is 23.7 Å². The van der Waals surface area contributed by atoms with Crippen LogP contribution in [-0.4, -0.2) is 5.11 Å². The minimum absolute atomic E-state index is 0.430. The van der Waals surface area contributed by atoms with Gasteiger partial charge in [0.1, 0.15) is 5.76 Å². The zero-order valence-electron chi connectivity index (χ0n) is 9.09. The van der Waals surface area contributed by atoms with Crippen molar-refractivity contribution in [1.82, 2.24) is 0 Å². The predicted molar refractivity (Wildman–Crippen MR) is 65.3 cm³/mol. The summed E-state index contributed by atoms with van der Waals surface area (Å²) in [5.74, 6) is 1.74. The van der Waals surface area contributed by atoms with Crippen LogP contribution in [0.5, 0.6) is 0 Å². The maximum Gasteiger partial charge on any atom is 0.113 e. The third-order valence-electron chi connectivity index (χ3n) is 2.32. The molecule has 0 fully saturated rings. The van der Waals surface area contributed by atoms with E-state index in [4.69, 9.17) is 4.42 Å². The monoisotopic (exact) mass is 234 g/mol. The molecule has 2 aromatic rings. The van der Waals surface area contributed by atoms with Crippen molar-refractivity contribution < 1.29 is 9.52 Å². The minimum atomic E-state index is -0.430. The fourth-order valence-corrected chi connectivity index (χ4v) is 2.54. The molecule has 0 aliphatic heterocycles. The molecule has 1 unspecified atom stereocenters. The summed E-state index contributed by atoms with van der Waals surface area (Å²) in [4.78, 5) is 1.11. The van der Waals surface area contributed by atoms with Crippen molar-refractivity contribution in [2.75, 3.05) is 0 Å². The van der Waals surface area contributed by atoms with E-state index in [0.29, 0.717) is 0 Å². The summed E-state index contributed by atoms with van der Waals surface area (Å²) in [6, 6.07) is 11.7. The van der Waals surface area contributed by atoms with E-state index in [1.807, 2.05) is 36.4 Å². The largest absolute Gasteiger partial charge is 0.468 e. The maximum absolute atomic E-state index is 9.62. The molecular formula is C13H14O2S. The van der Waals surface area contributed by atoms with E-state index < -0.39 is 6.10 Å². The van der Waals surface area contributed by atoms with E-state index in [9.17, 15) is 5.11 Å². The first-order valence-corrected chi connectivity index (χ1v) is 6.18. The lowest BCUT2D eigenvalue weighted by Crippen LogP contribution is -1.93. The molecule has 0 amide bonds. The SMILES string of the molecule is CC(O)c1ccccc1SCc1ccco1. The third kappa shape index (κ3) is 2.68.